The van der Waals surface area contributed by atoms with Crippen molar-refractivity contribution in [2.75, 3.05) is 20.6 Å². The molecule has 7 heteroatoms. The molecule has 2 aliphatic heterocycles. The van der Waals surface area contributed by atoms with Gasteiger partial charge in [-0.15, -0.1) is 5.01 Å². The van der Waals surface area contributed by atoms with Gasteiger partial charge in [-0.05, 0) is 4.59 Å². The van der Waals surface area contributed by atoms with E-state index in [9.17, 15) is 14.4 Å². The van der Waals surface area contributed by atoms with E-state index in [1.807, 2.05) is 6.07 Å². The SMILES string of the molecule is CN(C)[N+]1(C(=O)N2CC2C#N)C(=O)C1=O. The summed E-state index contributed by atoms with van der Waals surface area (Å²) < 4.78 is -0.905. The highest BCUT2D eigenvalue weighted by molar-refractivity contribution is 6.48. The number of nitrogens with zero attached hydrogens (tertiary/aromatic N) is 4. The maximum absolute atomic E-state index is 11.8. The molecule has 0 bridgehead atoms. The molecule has 15 heavy (non-hydrogen) atoms. The fourth-order valence-electron chi connectivity index (χ4n) is 1.55. The van der Waals surface area contributed by atoms with Gasteiger partial charge in [0.15, 0.2) is 0 Å². The molecular weight excluding hydrogens is 200 g/mol. The van der Waals surface area contributed by atoms with E-state index in [-0.39, 0.29) is 0 Å². The fourth-order valence-corrected chi connectivity index (χ4v) is 1.55. The summed E-state index contributed by atoms with van der Waals surface area (Å²) in [5.74, 6) is -1.48. The third-order valence-electron chi connectivity index (χ3n) is 2.60. The van der Waals surface area contributed by atoms with Gasteiger partial charge in [-0.25, -0.2) is 14.4 Å². The Hall–Kier alpha value is -1.78. The van der Waals surface area contributed by atoms with Crippen LogP contribution in [-0.4, -0.2) is 59.0 Å². The lowest BCUT2D eigenvalue weighted by Crippen LogP contribution is -2.49. The van der Waals surface area contributed by atoms with Crippen molar-refractivity contribution in [2.45, 2.75) is 6.04 Å². The molecule has 0 spiro atoms. The molecule has 7 nitrogen and oxygen atoms in total. The van der Waals surface area contributed by atoms with Crippen LogP contribution in [0.4, 0.5) is 4.79 Å². The molecule has 0 aromatic heterocycles. The highest BCUT2D eigenvalue weighted by Crippen LogP contribution is 2.34. The molecular formula is C8H9N4O3+. The van der Waals surface area contributed by atoms with Gasteiger partial charge in [-0.2, -0.15) is 5.26 Å². The summed E-state index contributed by atoms with van der Waals surface area (Å²) in [4.78, 5) is 35.4. The zero-order valence-electron chi connectivity index (χ0n) is 8.30. The Balaban J connectivity index is 2.24. The number of quaternary nitrogens is 1. The Morgan fingerprint density at radius 1 is 1.53 bits per heavy atom. The van der Waals surface area contributed by atoms with Crippen molar-refractivity contribution >= 4 is 17.8 Å². The van der Waals surface area contributed by atoms with Crippen LogP contribution in [0.25, 0.3) is 0 Å². The van der Waals surface area contributed by atoms with E-state index < -0.39 is 28.5 Å². The molecule has 1 atom stereocenters. The van der Waals surface area contributed by atoms with Crippen LogP contribution < -0.4 is 0 Å². The van der Waals surface area contributed by atoms with Gasteiger partial charge in [0.05, 0.1) is 12.6 Å². The second kappa shape index (κ2) is 2.62. The van der Waals surface area contributed by atoms with Gasteiger partial charge >= 0.3 is 17.8 Å². The Kier molecular flexibility index (Phi) is 1.71. The quantitative estimate of drug-likeness (QED) is 0.304. The number of urea groups is 1. The summed E-state index contributed by atoms with van der Waals surface area (Å²) in [5, 5.41) is 9.80. The zero-order valence-corrected chi connectivity index (χ0v) is 8.30. The van der Waals surface area contributed by atoms with E-state index >= 15 is 0 Å². The largest absolute Gasteiger partial charge is 0.482 e. The predicted octanol–water partition coefficient (Wildman–Crippen LogP) is -1.33. The third kappa shape index (κ3) is 0.973. The van der Waals surface area contributed by atoms with E-state index in [1.54, 1.807) is 0 Å². The monoisotopic (exact) mass is 209 g/mol. The molecule has 0 aromatic rings. The van der Waals surface area contributed by atoms with E-state index in [2.05, 4.69) is 0 Å². The second-order valence-corrected chi connectivity index (χ2v) is 3.67. The molecule has 0 N–H and O–H groups in total. The van der Waals surface area contributed by atoms with Crippen molar-refractivity contribution in [3.8, 4) is 6.07 Å². The Labute approximate surface area is 85.6 Å². The molecule has 0 saturated carbocycles. The Morgan fingerprint density at radius 2 is 2.07 bits per heavy atom. The minimum absolute atomic E-state index is 0.295. The number of nitriles is 1. The minimum Gasteiger partial charge on any atom is -0.269 e. The van der Waals surface area contributed by atoms with Crippen LogP contribution in [-0.2, 0) is 9.59 Å². The molecule has 0 aliphatic carbocycles. The number of hydrogen-bond donors (Lipinski definition) is 0. The molecule has 2 aliphatic rings. The summed E-state index contributed by atoms with van der Waals surface area (Å²) in [7, 11) is 2.96. The summed E-state index contributed by atoms with van der Waals surface area (Å²) in [6, 6.07) is 0.777. The summed E-state index contributed by atoms with van der Waals surface area (Å²) >= 11 is 0. The zero-order chi connectivity index (χ0) is 11.4. The second-order valence-electron chi connectivity index (χ2n) is 3.67. The van der Waals surface area contributed by atoms with Gasteiger partial charge in [0, 0.05) is 14.1 Å². The van der Waals surface area contributed by atoms with E-state index in [1.165, 1.54) is 24.0 Å². The number of rotatable bonds is 1. The van der Waals surface area contributed by atoms with Crippen LogP contribution in [0.1, 0.15) is 0 Å². The molecule has 2 saturated heterocycles. The minimum atomic E-state index is -0.905. The molecule has 0 radical (unpaired) electrons. The smallest absolute Gasteiger partial charge is 0.269 e. The number of carbonyl (C=O) groups is 3. The van der Waals surface area contributed by atoms with Crippen LogP contribution in [0.2, 0.25) is 0 Å². The van der Waals surface area contributed by atoms with E-state index in [4.69, 9.17) is 5.26 Å². The highest BCUT2D eigenvalue weighted by atomic mass is 16.3. The van der Waals surface area contributed by atoms with Crippen LogP contribution >= 0.6 is 0 Å². The van der Waals surface area contributed by atoms with Gasteiger partial charge < -0.3 is 0 Å². The van der Waals surface area contributed by atoms with Gasteiger partial charge in [0.2, 0.25) is 0 Å². The first kappa shape index (κ1) is 9.76. The van der Waals surface area contributed by atoms with Crippen LogP contribution in [0.5, 0.6) is 0 Å². The molecule has 4 amide bonds. The molecule has 2 rings (SSSR count). The predicted molar refractivity (Wildman–Crippen MR) is 45.5 cm³/mol. The van der Waals surface area contributed by atoms with Crippen molar-refractivity contribution < 1.29 is 19.0 Å². The maximum Gasteiger partial charge on any atom is 0.482 e. The lowest BCUT2D eigenvalue weighted by molar-refractivity contribution is -0.763. The Morgan fingerprint density at radius 3 is 2.33 bits per heavy atom. The van der Waals surface area contributed by atoms with Crippen LogP contribution in [0, 0.1) is 11.3 Å². The van der Waals surface area contributed by atoms with Gasteiger partial charge in [-0.1, -0.05) is 0 Å². The number of hydrogen-bond acceptors (Lipinski definition) is 5. The van der Waals surface area contributed by atoms with E-state index in [0.717, 1.165) is 0 Å². The molecule has 1 unspecified atom stereocenters. The molecule has 78 valence electrons. The lowest BCUT2D eigenvalue weighted by Gasteiger charge is -2.16. The van der Waals surface area contributed by atoms with Crippen LogP contribution in [0.15, 0.2) is 0 Å². The molecule has 2 fully saturated rings. The summed E-state index contributed by atoms with van der Waals surface area (Å²) in [6.45, 7) is 0.295. The third-order valence-corrected chi connectivity index (χ3v) is 2.60. The van der Waals surface area contributed by atoms with Crippen LogP contribution in [0.3, 0.4) is 0 Å². The van der Waals surface area contributed by atoms with Crippen molar-refractivity contribution in [3.63, 3.8) is 0 Å². The van der Waals surface area contributed by atoms with Crippen molar-refractivity contribution in [2.24, 2.45) is 0 Å². The summed E-state index contributed by atoms with van der Waals surface area (Å²) in [5.41, 5.74) is 0. The topological polar surface area (TPSA) is 81.2 Å². The average molecular weight is 209 g/mol. The van der Waals surface area contributed by atoms with Gasteiger partial charge in [0.25, 0.3) is 0 Å². The first-order valence-electron chi connectivity index (χ1n) is 4.35. The first-order valence-corrected chi connectivity index (χ1v) is 4.35. The van der Waals surface area contributed by atoms with E-state index in [0.29, 0.717) is 6.54 Å². The molecule has 2 heterocycles. The maximum atomic E-state index is 11.8. The fraction of sp³-hybridized carbons (Fsp3) is 0.500. The normalized spacial score (nSPS) is 26.5. The number of amides is 4. The average Bonchev–Trinajstić information content (AvgIpc) is 3.04. The van der Waals surface area contributed by atoms with Crippen molar-refractivity contribution in [3.05, 3.63) is 0 Å². The van der Waals surface area contributed by atoms with Crippen molar-refractivity contribution in [1.82, 2.24) is 9.91 Å². The number of carbonyl (C=O) groups excluding carboxylic acids is 3. The number of imide groups is 3. The summed E-state index contributed by atoms with van der Waals surface area (Å²) in [6.07, 6.45) is 0. The van der Waals surface area contributed by atoms with Crippen molar-refractivity contribution in [1.29, 1.82) is 5.26 Å². The standard InChI is InChI=1S/C8H9N4O3/c1-10(2)12(6(13)7(12)14)8(15)11-4-5(11)3-9/h5H,4H2,1-2H3/q+1. The Bertz CT molecular complexity index is 408. The lowest BCUT2D eigenvalue weighted by atomic mass is 10.5. The molecule has 0 aromatic carbocycles. The highest BCUT2D eigenvalue weighted by Gasteiger charge is 2.81. The first-order chi connectivity index (χ1) is 6.97. The van der Waals surface area contributed by atoms with Gasteiger partial charge in [0.1, 0.15) is 6.04 Å². The van der Waals surface area contributed by atoms with Gasteiger partial charge in [-0.3, -0.25) is 4.90 Å².